The van der Waals surface area contributed by atoms with E-state index < -0.39 is 8.32 Å². The van der Waals surface area contributed by atoms with Crippen LogP contribution in [0.2, 0.25) is 19.6 Å². The van der Waals surface area contributed by atoms with Gasteiger partial charge in [-0.1, -0.05) is 24.6 Å². The van der Waals surface area contributed by atoms with Crippen molar-refractivity contribution in [3.05, 3.63) is 47.1 Å². The Morgan fingerprint density at radius 3 is 2.74 bits per heavy atom. The third kappa shape index (κ3) is 5.49. The molecule has 1 nitrogen and oxygen atoms in total. The third-order valence-electron chi connectivity index (χ3n) is 3.17. The van der Waals surface area contributed by atoms with E-state index in [4.69, 9.17) is 4.43 Å². The molecule has 0 aromatic carbocycles. The van der Waals surface area contributed by atoms with Crippen LogP contribution < -0.4 is 0 Å². The van der Waals surface area contributed by atoms with Crippen LogP contribution in [0.3, 0.4) is 0 Å². The first-order valence-electron chi connectivity index (χ1n) is 6.86. The van der Waals surface area contributed by atoms with Crippen molar-refractivity contribution in [3.8, 4) is 0 Å². The molecule has 0 aromatic heterocycles. The standard InChI is InChI=1S/C16H23OSi.Zr/c1-18(2,3)17-13-7-11-15-10-6-12-16(15)14-8-4-5-9-14;/h4-5,8,12H,6-7,9,11,13H2,1-3H3;/q-1;. The molecule has 0 saturated heterocycles. The van der Waals surface area contributed by atoms with E-state index in [0.29, 0.717) is 0 Å². The van der Waals surface area contributed by atoms with Gasteiger partial charge in [-0.3, -0.25) is 6.08 Å². The topological polar surface area (TPSA) is 9.23 Å². The normalized spacial score (nSPS) is 17.9. The Bertz CT molecular complexity index is 425. The number of hydrogen-bond acceptors (Lipinski definition) is 1. The fourth-order valence-electron chi connectivity index (χ4n) is 2.32. The zero-order valence-electron chi connectivity index (χ0n) is 12.3. The van der Waals surface area contributed by atoms with Crippen molar-refractivity contribution in [2.24, 2.45) is 0 Å². The van der Waals surface area contributed by atoms with Crippen LogP contribution in [0.1, 0.15) is 25.7 Å². The van der Waals surface area contributed by atoms with E-state index in [1.807, 2.05) is 0 Å². The van der Waals surface area contributed by atoms with Gasteiger partial charge >= 0.3 is 0 Å². The van der Waals surface area contributed by atoms with Crippen LogP contribution in [0.15, 0.2) is 41.0 Å². The largest absolute Gasteiger partial charge is 0.418 e. The van der Waals surface area contributed by atoms with Crippen molar-refractivity contribution >= 4 is 8.32 Å². The van der Waals surface area contributed by atoms with Gasteiger partial charge in [-0.05, 0) is 32.5 Å². The molecule has 0 aromatic rings. The summed E-state index contributed by atoms with van der Waals surface area (Å²) in [6.45, 7) is 7.63. The Kier molecular flexibility index (Phi) is 6.93. The van der Waals surface area contributed by atoms with Gasteiger partial charge < -0.3 is 4.43 Å². The zero-order chi connectivity index (χ0) is 13.0. The molecule has 0 amide bonds. The molecular weight excluding hydrogens is 327 g/mol. The molecule has 19 heavy (non-hydrogen) atoms. The van der Waals surface area contributed by atoms with Gasteiger partial charge in [0.1, 0.15) is 0 Å². The maximum absolute atomic E-state index is 5.90. The van der Waals surface area contributed by atoms with Gasteiger partial charge in [-0.25, -0.2) is 5.57 Å². The summed E-state index contributed by atoms with van der Waals surface area (Å²) in [6, 6.07) is 0. The maximum Gasteiger partial charge on any atom is 0.183 e. The average molecular weight is 351 g/mol. The summed E-state index contributed by atoms with van der Waals surface area (Å²) in [5, 5.41) is 0. The van der Waals surface area contributed by atoms with Crippen LogP contribution in [-0.2, 0) is 30.6 Å². The summed E-state index contributed by atoms with van der Waals surface area (Å²) in [4.78, 5) is 0. The zero-order valence-corrected chi connectivity index (χ0v) is 15.7. The van der Waals surface area contributed by atoms with Crippen molar-refractivity contribution in [1.29, 1.82) is 0 Å². The van der Waals surface area contributed by atoms with Crippen molar-refractivity contribution < 1.29 is 30.6 Å². The molecule has 0 unspecified atom stereocenters. The summed E-state index contributed by atoms with van der Waals surface area (Å²) in [5.41, 5.74) is 4.30. The van der Waals surface area contributed by atoms with Crippen molar-refractivity contribution in [2.45, 2.75) is 45.3 Å². The fourth-order valence-corrected chi connectivity index (χ4v) is 3.07. The maximum atomic E-state index is 5.90. The minimum atomic E-state index is -1.34. The second-order valence-electron chi connectivity index (χ2n) is 5.87. The van der Waals surface area contributed by atoms with E-state index in [9.17, 15) is 0 Å². The van der Waals surface area contributed by atoms with Gasteiger partial charge in [0.05, 0.1) is 0 Å². The molecular formula is C16H23OSiZr-. The van der Waals surface area contributed by atoms with Crippen molar-refractivity contribution in [3.63, 3.8) is 0 Å². The molecule has 2 aliphatic rings. The molecule has 2 aliphatic carbocycles. The summed E-state index contributed by atoms with van der Waals surface area (Å²) >= 11 is 0. The number of hydrogen-bond donors (Lipinski definition) is 0. The minimum Gasteiger partial charge on any atom is -0.418 e. The fraction of sp³-hybridized carbons (Fsp3) is 0.500. The van der Waals surface area contributed by atoms with Gasteiger partial charge in [0.15, 0.2) is 8.32 Å². The Hall–Kier alpha value is 0.0200. The molecule has 0 radical (unpaired) electrons. The predicted molar refractivity (Wildman–Crippen MR) is 79.8 cm³/mol. The van der Waals surface area contributed by atoms with Crippen molar-refractivity contribution in [2.75, 3.05) is 6.61 Å². The smallest absolute Gasteiger partial charge is 0.183 e. The van der Waals surface area contributed by atoms with Gasteiger partial charge in [0.2, 0.25) is 0 Å². The first-order valence-corrected chi connectivity index (χ1v) is 10.3. The molecule has 0 aliphatic heterocycles. The van der Waals surface area contributed by atoms with Gasteiger partial charge in [0, 0.05) is 32.8 Å². The van der Waals surface area contributed by atoms with Crippen LogP contribution in [0.25, 0.3) is 0 Å². The first-order chi connectivity index (χ1) is 8.56. The third-order valence-corrected chi connectivity index (χ3v) is 4.24. The van der Waals surface area contributed by atoms with Crippen LogP contribution >= 0.6 is 0 Å². The van der Waals surface area contributed by atoms with Crippen LogP contribution in [0.4, 0.5) is 0 Å². The molecule has 3 heteroatoms. The Morgan fingerprint density at radius 1 is 1.32 bits per heavy atom. The summed E-state index contributed by atoms with van der Waals surface area (Å²) in [6.07, 6.45) is 16.7. The van der Waals surface area contributed by atoms with Crippen molar-refractivity contribution in [1.82, 2.24) is 0 Å². The van der Waals surface area contributed by atoms with Crippen LogP contribution in [0.5, 0.6) is 0 Å². The Balaban J connectivity index is 0.00000180. The van der Waals surface area contributed by atoms with E-state index in [2.05, 4.69) is 50.0 Å². The van der Waals surface area contributed by atoms with E-state index in [1.165, 1.54) is 16.7 Å². The second-order valence-corrected chi connectivity index (χ2v) is 10.4. The van der Waals surface area contributed by atoms with Gasteiger partial charge in [-0.15, -0.1) is 12.0 Å². The summed E-state index contributed by atoms with van der Waals surface area (Å²) in [7, 11) is -1.34. The Morgan fingerprint density at radius 2 is 2.11 bits per heavy atom. The monoisotopic (exact) mass is 349 g/mol. The molecule has 0 atom stereocenters. The SMILES string of the molecule is C[Si](C)(C)OCCCC1=[C-]CC=C1C1=CC=CC1.[Zr]. The summed E-state index contributed by atoms with van der Waals surface area (Å²) < 4.78 is 5.90. The van der Waals surface area contributed by atoms with E-state index in [0.717, 1.165) is 32.3 Å². The van der Waals surface area contributed by atoms with Gasteiger partial charge in [-0.2, -0.15) is 11.6 Å². The molecule has 2 rings (SSSR count). The first kappa shape index (κ1) is 17.1. The average Bonchev–Trinajstić information content (AvgIpc) is 2.93. The van der Waals surface area contributed by atoms with E-state index in [-0.39, 0.29) is 26.2 Å². The van der Waals surface area contributed by atoms with Gasteiger partial charge in [0.25, 0.3) is 0 Å². The second kappa shape index (κ2) is 7.71. The summed E-state index contributed by atoms with van der Waals surface area (Å²) in [5.74, 6) is 0. The number of rotatable bonds is 6. The Labute approximate surface area is 137 Å². The quantitative estimate of drug-likeness (QED) is 0.387. The van der Waals surface area contributed by atoms with Crippen LogP contribution in [0, 0.1) is 6.08 Å². The molecule has 0 bridgehead atoms. The molecule has 0 heterocycles. The van der Waals surface area contributed by atoms with E-state index in [1.54, 1.807) is 0 Å². The molecule has 0 N–H and O–H groups in total. The number of allylic oxidation sites excluding steroid dienone is 8. The molecule has 0 saturated carbocycles. The predicted octanol–water partition coefficient (Wildman–Crippen LogP) is 4.56. The molecule has 0 spiro atoms. The minimum absolute atomic E-state index is 0. The van der Waals surface area contributed by atoms with Crippen LogP contribution in [-0.4, -0.2) is 14.9 Å². The van der Waals surface area contributed by atoms with E-state index >= 15 is 0 Å². The molecule has 0 fully saturated rings. The molecule has 102 valence electrons.